The summed E-state index contributed by atoms with van der Waals surface area (Å²) in [6, 6.07) is 10.8. The smallest absolute Gasteiger partial charge is 0.268 e. The second-order valence-electron chi connectivity index (χ2n) is 9.57. The van der Waals surface area contributed by atoms with Crippen LogP contribution in [0.3, 0.4) is 0 Å². The normalized spacial score (nSPS) is 19.9. The fraction of sp³-hybridized carbons (Fsp3) is 0.417. The predicted octanol–water partition coefficient (Wildman–Crippen LogP) is 3.18. The van der Waals surface area contributed by atoms with E-state index in [4.69, 9.17) is 4.98 Å². The third-order valence-electron chi connectivity index (χ3n) is 7.00. The number of nitrogens with zero attached hydrogens (tertiary/aromatic N) is 5. The van der Waals surface area contributed by atoms with Crippen molar-refractivity contribution in [2.45, 2.75) is 50.8 Å². The fourth-order valence-electron chi connectivity index (χ4n) is 4.31. The van der Waals surface area contributed by atoms with Gasteiger partial charge in [0.15, 0.2) is 5.82 Å². The van der Waals surface area contributed by atoms with E-state index in [1.165, 1.54) is 0 Å². The monoisotopic (exact) mass is 480 g/mol. The van der Waals surface area contributed by atoms with Gasteiger partial charge < -0.3 is 4.90 Å². The molecule has 1 aliphatic carbocycles. The second-order valence-corrected chi connectivity index (χ2v) is 11.5. The zero-order chi connectivity index (χ0) is 24.1. The maximum absolute atomic E-state index is 13.1. The van der Waals surface area contributed by atoms with Crippen molar-refractivity contribution in [3.63, 3.8) is 0 Å². The van der Waals surface area contributed by atoms with Crippen LogP contribution in [-0.4, -0.2) is 51.4 Å². The molecule has 178 valence electrons. The Morgan fingerprint density at radius 2 is 1.88 bits per heavy atom. The van der Waals surface area contributed by atoms with Crippen molar-refractivity contribution in [3.05, 3.63) is 54.4 Å². The molecular formula is C24H28N6O3S. The van der Waals surface area contributed by atoms with Crippen molar-refractivity contribution in [2.24, 2.45) is 5.92 Å². The van der Waals surface area contributed by atoms with Crippen LogP contribution in [-0.2, 0) is 10.0 Å². The Balaban J connectivity index is 1.54. The predicted molar refractivity (Wildman–Crippen MR) is 129 cm³/mol. The summed E-state index contributed by atoms with van der Waals surface area (Å²) in [5, 5.41) is 4.13. The van der Waals surface area contributed by atoms with Crippen LogP contribution in [0.4, 0.5) is 5.82 Å². The molecule has 1 atom stereocenters. The molecule has 1 aliphatic heterocycles. The highest BCUT2D eigenvalue weighted by Crippen LogP contribution is 2.39. The molecular weight excluding hydrogens is 452 g/mol. The van der Waals surface area contributed by atoms with Crippen LogP contribution >= 0.6 is 0 Å². The molecule has 1 amide bonds. The summed E-state index contributed by atoms with van der Waals surface area (Å²) in [6.07, 6.45) is 5.63. The molecule has 0 spiro atoms. The number of nitrogens with one attached hydrogen (secondary N) is 1. The van der Waals surface area contributed by atoms with Crippen molar-refractivity contribution < 1.29 is 13.2 Å². The number of carbonyl (C=O) groups excluding carboxylic acids is 1. The maximum atomic E-state index is 13.1. The van der Waals surface area contributed by atoms with E-state index in [-0.39, 0.29) is 11.1 Å². The highest BCUT2D eigenvalue weighted by Gasteiger charge is 2.42. The quantitative estimate of drug-likeness (QED) is 0.577. The first-order chi connectivity index (χ1) is 16.2. The van der Waals surface area contributed by atoms with Crippen molar-refractivity contribution in [2.75, 3.05) is 11.4 Å². The number of rotatable bonds is 6. The van der Waals surface area contributed by atoms with Crippen LogP contribution in [0.1, 0.15) is 50.4 Å². The molecule has 0 aromatic carbocycles. The van der Waals surface area contributed by atoms with Gasteiger partial charge in [-0.3, -0.25) is 9.78 Å². The Kier molecular flexibility index (Phi) is 5.43. The largest absolute Gasteiger partial charge is 0.350 e. The number of hydrogen-bond acceptors (Lipinski definition) is 7. The van der Waals surface area contributed by atoms with Crippen LogP contribution in [0.25, 0.3) is 17.2 Å². The molecule has 4 heterocycles. The van der Waals surface area contributed by atoms with Gasteiger partial charge in [-0.05, 0) is 69.4 Å². The van der Waals surface area contributed by atoms with E-state index in [1.54, 1.807) is 29.2 Å². The third-order valence-corrected chi connectivity index (χ3v) is 8.82. The number of aromatic nitrogens is 4. The standard InChI is InChI=1S/C24H28N6O3S/c1-16-11-14-29(24(16,2)3)22-18(23(31)28-34(32,33)17-7-8-17)9-10-21(26-22)30-15-12-20(27-30)19-6-4-5-13-25-19/h4-6,9-10,12-13,15-17H,7-8,11,14H2,1-3H3,(H,28,31). The minimum atomic E-state index is -3.67. The van der Waals surface area contributed by atoms with Gasteiger partial charge in [0.2, 0.25) is 10.0 Å². The van der Waals surface area contributed by atoms with Gasteiger partial charge in [0.05, 0.1) is 16.5 Å². The zero-order valence-electron chi connectivity index (χ0n) is 19.5. The SMILES string of the molecule is CC1CCN(c2nc(-n3ccc(-c4ccccn4)n3)ccc2C(=O)NS(=O)(=O)C2CC2)C1(C)C. The first-order valence-corrected chi connectivity index (χ1v) is 13.0. The number of hydrogen-bond donors (Lipinski definition) is 1. The first-order valence-electron chi connectivity index (χ1n) is 11.5. The highest BCUT2D eigenvalue weighted by molar-refractivity contribution is 7.91. The molecule has 3 aromatic rings. The summed E-state index contributed by atoms with van der Waals surface area (Å²) < 4.78 is 28.8. The average Bonchev–Trinajstić information content (AvgIpc) is 3.51. The van der Waals surface area contributed by atoms with Gasteiger partial charge in [0.25, 0.3) is 5.91 Å². The Hall–Kier alpha value is -3.27. The zero-order valence-corrected chi connectivity index (χ0v) is 20.3. The first kappa shape index (κ1) is 22.5. The number of pyridine rings is 2. The van der Waals surface area contributed by atoms with E-state index < -0.39 is 21.2 Å². The van der Waals surface area contributed by atoms with E-state index in [9.17, 15) is 13.2 Å². The van der Waals surface area contributed by atoms with Crippen molar-refractivity contribution in [1.82, 2.24) is 24.5 Å². The van der Waals surface area contributed by atoms with E-state index in [1.807, 2.05) is 24.3 Å². The van der Waals surface area contributed by atoms with E-state index in [0.29, 0.717) is 36.1 Å². The number of amides is 1. The van der Waals surface area contributed by atoms with Gasteiger partial charge in [0.1, 0.15) is 11.5 Å². The molecule has 2 aliphatic rings. The molecule has 1 N–H and O–H groups in total. The molecule has 3 aromatic heterocycles. The molecule has 5 rings (SSSR count). The Morgan fingerprint density at radius 1 is 1.09 bits per heavy atom. The van der Waals surface area contributed by atoms with Crippen molar-refractivity contribution in [1.29, 1.82) is 0 Å². The van der Waals surface area contributed by atoms with Gasteiger partial charge in [-0.25, -0.2) is 22.8 Å². The second kappa shape index (κ2) is 8.19. The van der Waals surface area contributed by atoms with E-state index >= 15 is 0 Å². The lowest BCUT2D eigenvalue weighted by Crippen LogP contribution is -2.44. The molecule has 2 fully saturated rings. The molecule has 9 nitrogen and oxygen atoms in total. The van der Waals surface area contributed by atoms with Crippen molar-refractivity contribution >= 4 is 21.7 Å². The van der Waals surface area contributed by atoms with Gasteiger partial charge in [-0.2, -0.15) is 5.10 Å². The number of sulfonamides is 1. The maximum Gasteiger partial charge on any atom is 0.268 e. The fourth-order valence-corrected chi connectivity index (χ4v) is 5.60. The summed E-state index contributed by atoms with van der Waals surface area (Å²) in [4.78, 5) is 24.4. The Labute approximate surface area is 199 Å². The topological polar surface area (TPSA) is 110 Å². The molecule has 0 radical (unpaired) electrons. The molecule has 1 saturated heterocycles. The van der Waals surface area contributed by atoms with E-state index in [2.05, 4.69) is 40.5 Å². The van der Waals surface area contributed by atoms with E-state index in [0.717, 1.165) is 18.7 Å². The highest BCUT2D eigenvalue weighted by atomic mass is 32.2. The molecule has 1 saturated carbocycles. The number of anilines is 1. The molecule has 34 heavy (non-hydrogen) atoms. The molecule has 0 bridgehead atoms. The summed E-state index contributed by atoms with van der Waals surface area (Å²) in [5.74, 6) is 0.731. The number of carbonyl (C=O) groups is 1. The van der Waals surface area contributed by atoms with Crippen LogP contribution in [0.2, 0.25) is 0 Å². The summed E-state index contributed by atoms with van der Waals surface area (Å²) in [5.41, 5.74) is 1.44. The Bertz CT molecular complexity index is 1330. The minimum Gasteiger partial charge on any atom is -0.350 e. The van der Waals surface area contributed by atoms with Gasteiger partial charge in [0, 0.05) is 24.5 Å². The van der Waals surface area contributed by atoms with Gasteiger partial charge >= 0.3 is 0 Å². The average molecular weight is 481 g/mol. The van der Waals surface area contributed by atoms with Gasteiger partial charge in [-0.15, -0.1) is 0 Å². The molecule has 1 unspecified atom stereocenters. The minimum absolute atomic E-state index is 0.243. The Morgan fingerprint density at radius 3 is 2.53 bits per heavy atom. The summed E-state index contributed by atoms with van der Waals surface area (Å²) >= 11 is 0. The summed E-state index contributed by atoms with van der Waals surface area (Å²) in [6.45, 7) is 7.13. The van der Waals surface area contributed by atoms with Crippen LogP contribution in [0.5, 0.6) is 0 Å². The van der Waals surface area contributed by atoms with Crippen LogP contribution in [0.15, 0.2) is 48.8 Å². The van der Waals surface area contributed by atoms with Crippen molar-refractivity contribution in [3.8, 4) is 17.2 Å². The van der Waals surface area contributed by atoms with Crippen LogP contribution < -0.4 is 9.62 Å². The van der Waals surface area contributed by atoms with Crippen LogP contribution in [0, 0.1) is 5.92 Å². The third kappa shape index (κ3) is 4.06. The van der Waals surface area contributed by atoms with Gasteiger partial charge in [-0.1, -0.05) is 13.0 Å². The lowest BCUT2D eigenvalue weighted by molar-refractivity contribution is 0.0981. The lowest BCUT2D eigenvalue weighted by atomic mass is 9.90. The molecule has 10 heteroatoms. The lowest BCUT2D eigenvalue weighted by Gasteiger charge is -2.36. The summed E-state index contributed by atoms with van der Waals surface area (Å²) in [7, 11) is -3.67.